The highest BCUT2D eigenvalue weighted by atomic mass is 32.2. The predicted molar refractivity (Wildman–Crippen MR) is 95.1 cm³/mol. The van der Waals surface area contributed by atoms with Crippen molar-refractivity contribution in [3.8, 4) is 11.6 Å². The Balaban J connectivity index is 2.16. The SMILES string of the molecule is CS[C@@H](C)C(=O)NCc1cccnc1Oc1c(C)cccc1C. The molecule has 23 heavy (non-hydrogen) atoms. The Morgan fingerprint density at radius 1 is 1.26 bits per heavy atom. The van der Waals surface area contributed by atoms with E-state index in [1.54, 1.807) is 6.20 Å². The third kappa shape index (κ3) is 4.48. The van der Waals surface area contributed by atoms with E-state index in [1.165, 1.54) is 11.8 Å². The van der Waals surface area contributed by atoms with Gasteiger partial charge in [-0.2, -0.15) is 11.8 Å². The van der Waals surface area contributed by atoms with Crippen LogP contribution in [0.3, 0.4) is 0 Å². The fraction of sp³-hybridized carbons (Fsp3) is 0.333. The lowest BCUT2D eigenvalue weighted by molar-refractivity contribution is -0.120. The molecule has 4 nitrogen and oxygen atoms in total. The summed E-state index contributed by atoms with van der Waals surface area (Å²) < 4.78 is 6.02. The number of hydrogen-bond donors (Lipinski definition) is 1. The molecule has 0 unspecified atom stereocenters. The van der Waals surface area contributed by atoms with E-state index in [1.807, 2.05) is 57.4 Å². The second kappa shape index (κ2) is 8.02. The summed E-state index contributed by atoms with van der Waals surface area (Å²) in [5, 5.41) is 2.85. The maximum absolute atomic E-state index is 11.9. The third-order valence-electron chi connectivity index (χ3n) is 3.63. The molecule has 0 aliphatic heterocycles. The lowest BCUT2D eigenvalue weighted by atomic mass is 10.1. The summed E-state index contributed by atoms with van der Waals surface area (Å²) in [5.74, 6) is 1.36. The molecule has 1 heterocycles. The summed E-state index contributed by atoms with van der Waals surface area (Å²) >= 11 is 1.52. The molecule has 1 aromatic heterocycles. The van der Waals surface area contributed by atoms with Gasteiger partial charge in [0.05, 0.1) is 5.25 Å². The van der Waals surface area contributed by atoms with Gasteiger partial charge < -0.3 is 10.1 Å². The Bertz CT molecular complexity index is 668. The zero-order valence-electron chi connectivity index (χ0n) is 13.9. The van der Waals surface area contributed by atoms with Gasteiger partial charge in [0.2, 0.25) is 11.8 Å². The molecular weight excluding hydrogens is 308 g/mol. The minimum absolute atomic E-state index is 0.0133. The number of amides is 1. The first-order valence-electron chi connectivity index (χ1n) is 7.51. The molecule has 122 valence electrons. The molecule has 0 fully saturated rings. The van der Waals surface area contributed by atoms with Gasteiger partial charge in [-0.3, -0.25) is 4.79 Å². The lowest BCUT2D eigenvalue weighted by Crippen LogP contribution is -2.30. The molecule has 1 N–H and O–H groups in total. The standard InChI is InChI=1S/C18H22N2O2S/c1-12-7-5-8-13(2)16(12)22-18-15(9-6-10-19-18)11-20-17(21)14(3)23-4/h5-10,14H,11H2,1-4H3,(H,20,21)/t14-/m0/s1. The Morgan fingerprint density at radius 3 is 2.61 bits per heavy atom. The Kier molecular flexibility index (Phi) is 6.04. The molecule has 5 heteroatoms. The van der Waals surface area contributed by atoms with Crippen LogP contribution in [0.2, 0.25) is 0 Å². The normalized spacial score (nSPS) is 11.8. The van der Waals surface area contributed by atoms with Gasteiger partial charge in [0.1, 0.15) is 5.75 Å². The van der Waals surface area contributed by atoms with E-state index < -0.39 is 0 Å². The second-order valence-corrected chi connectivity index (χ2v) is 6.56. The zero-order chi connectivity index (χ0) is 16.8. The highest BCUT2D eigenvalue weighted by Gasteiger charge is 2.13. The van der Waals surface area contributed by atoms with E-state index >= 15 is 0 Å². The van der Waals surface area contributed by atoms with Gasteiger partial charge in [0.15, 0.2) is 0 Å². The number of carbonyl (C=O) groups excluding carboxylic acids is 1. The first-order chi connectivity index (χ1) is 11.0. The number of benzene rings is 1. The van der Waals surface area contributed by atoms with Crippen LogP contribution >= 0.6 is 11.8 Å². The number of ether oxygens (including phenoxy) is 1. The Labute approximate surface area is 141 Å². The van der Waals surface area contributed by atoms with Crippen molar-refractivity contribution in [2.24, 2.45) is 0 Å². The van der Waals surface area contributed by atoms with Gasteiger partial charge >= 0.3 is 0 Å². The smallest absolute Gasteiger partial charge is 0.233 e. The molecular formula is C18H22N2O2S. The van der Waals surface area contributed by atoms with E-state index in [9.17, 15) is 4.79 Å². The molecule has 2 aromatic rings. The second-order valence-electron chi connectivity index (χ2n) is 5.39. The largest absolute Gasteiger partial charge is 0.438 e. The summed E-state index contributed by atoms with van der Waals surface area (Å²) in [7, 11) is 0. The molecule has 0 saturated heterocycles. The van der Waals surface area contributed by atoms with Gasteiger partial charge in [0.25, 0.3) is 0 Å². The first-order valence-corrected chi connectivity index (χ1v) is 8.80. The predicted octanol–water partition coefficient (Wildman–Crippen LogP) is 3.86. The molecule has 0 bridgehead atoms. The van der Waals surface area contributed by atoms with Crippen molar-refractivity contribution in [2.45, 2.75) is 32.6 Å². The maximum atomic E-state index is 11.9. The summed E-state index contributed by atoms with van der Waals surface area (Å²) in [4.78, 5) is 16.3. The number of carbonyl (C=O) groups is 1. The van der Waals surface area contributed by atoms with Crippen LogP contribution in [0.15, 0.2) is 36.5 Å². The van der Waals surface area contributed by atoms with Crippen molar-refractivity contribution in [1.82, 2.24) is 10.3 Å². The fourth-order valence-corrected chi connectivity index (χ4v) is 2.44. The van der Waals surface area contributed by atoms with Crippen LogP contribution in [-0.4, -0.2) is 22.4 Å². The molecule has 0 aliphatic rings. The van der Waals surface area contributed by atoms with E-state index in [0.717, 1.165) is 22.4 Å². The van der Waals surface area contributed by atoms with Crippen molar-refractivity contribution < 1.29 is 9.53 Å². The van der Waals surface area contributed by atoms with Gasteiger partial charge in [-0.05, 0) is 44.2 Å². The molecule has 0 radical (unpaired) electrons. The van der Waals surface area contributed by atoms with E-state index in [4.69, 9.17) is 4.74 Å². The number of nitrogens with one attached hydrogen (secondary N) is 1. The summed E-state index contributed by atoms with van der Waals surface area (Å²) in [6.07, 6.45) is 3.61. The minimum atomic E-state index is -0.0744. The van der Waals surface area contributed by atoms with Crippen LogP contribution in [-0.2, 0) is 11.3 Å². The third-order valence-corrected chi connectivity index (χ3v) is 4.55. The van der Waals surface area contributed by atoms with Gasteiger partial charge in [-0.15, -0.1) is 0 Å². The molecule has 1 amide bonds. The highest BCUT2D eigenvalue weighted by molar-refractivity contribution is 7.99. The average Bonchev–Trinajstić information content (AvgIpc) is 2.56. The molecule has 0 spiro atoms. The Morgan fingerprint density at radius 2 is 1.96 bits per heavy atom. The van der Waals surface area contributed by atoms with Crippen molar-refractivity contribution in [2.75, 3.05) is 6.26 Å². The van der Waals surface area contributed by atoms with Gasteiger partial charge in [0, 0.05) is 18.3 Å². The summed E-state index contributed by atoms with van der Waals surface area (Å²) in [5.41, 5.74) is 2.97. The van der Waals surface area contributed by atoms with E-state index in [-0.39, 0.29) is 11.2 Å². The van der Waals surface area contributed by atoms with Gasteiger partial charge in [-0.25, -0.2) is 4.98 Å². The molecule has 1 aromatic carbocycles. The van der Waals surface area contributed by atoms with Crippen LogP contribution in [0.4, 0.5) is 0 Å². The van der Waals surface area contributed by atoms with Crippen LogP contribution in [0.5, 0.6) is 11.6 Å². The average molecular weight is 330 g/mol. The van der Waals surface area contributed by atoms with Crippen LogP contribution in [0.25, 0.3) is 0 Å². The van der Waals surface area contributed by atoms with Crippen LogP contribution < -0.4 is 10.1 Å². The fourth-order valence-electron chi connectivity index (χ4n) is 2.14. The number of hydrogen-bond acceptors (Lipinski definition) is 4. The molecule has 1 atom stereocenters. The van der Waals surface area contributed by atoms with Gasteiger partial charge in [-0.1, -0.05) is 24.3 Å². The van der Waals surface area contributed by atoms with Crippen molar-refractivity contribution >= 4 is 17.7 Å². The number of rotatable bonds is 6. The molecule has 0 saturated carbocycles. The minimum Gasteiger partial charge on any atom is -0.438 e. The van der Waals surface area contributed by atoms with Crippen molar-refractivity contribution in [3.05, 3.63) is 53.2 Å². The number of pyridine rings is 1. The Hall–Kier alpha value is -2.01. The number of nitrogens with zero attached hydrogens (tertiary/aromatic N) is 1. The highest BCUT2D eigenvalue weighted by Crippen LogP contribution is 2.29. The van der Waals surface area contributed by atoms with Crippen molar-refractivity contribution in [3.63, 3.8) is 0 Å². The quantitative estimate of drug-likeness (QED) is 0.874. The molecule has 2 rings (SSSR count). The summed E-state index contributed by atoms with van der Waals surface area (Å²) in [6, 6.07) is 9.78. The van der Waals surface area contributed by atoms with E-state index in [2.05, 4.69) is 10.3 Å². The van der Waals surface area contributed by atoms with Crippen LogP contribution in [0, 0.1) is 13.8 Å². The van der Waals surface area contributed by atoms with Crippen molar-refractivity contribution in [1.29, 1.82) is 0 Å². The maximum Gasteiger partial charge on any atom is 0.233 e. The number of thioether (sulfide) groups is 1. The number of aryl methyl sites for hydroxylation is 2. The number of aromatic nitrogens is 1. The topological polar surface area (TPSA) is 51.2 Å². The molecule has 0 aliphatic carbocycles. The monoisotopic (exact) mass is 330 g/mol. The summed E-state index contributed by atoms with van der Waals surface area (Å²) in [6.45, 7) is 6.30. The zero-order valence-corrected chi connectivity index (χ0v) is 14.7. The lowest BCUT2D eigenvalue weighted by Gasteiger charge is -2.15. The first kappa shape index (κ1) is 17.3. The van der Waals surface area contributed by atoms with E-state index in [0.29, 0.717) is 12.4 Å². The van der Waals surface area contributed by atoms with Crippen LogP contribution in [0.1, 0.15) is 23.6 Å². The number of para-hydroxylation sites is 1.